The molecule has 2 N–H and O–H groups in total. The minimum Gasteiger partial charge on any atom is -0.494 e. The number of carbonyl (C=O) groups excluding carboxylic acids is 3. The fourth-order valence-electron chi connectivity index (χ4n) is 7.32. The molecule has 0 radical (unpaired) electrons. The van der Waals surface area contributed by atoms with Crippen molar-refractivity contribution in [1.29, 1.82) is 0 Å². The summed E-state index contributed by atoms with van der Waals surface area (Å²) in [6.07, 6.45) is 2.70. The highest BCUT2D eigenvalue weighted by molar-refractivity contribution is 9.11. The summed E-state index contributed by atoms with van der Waals surface area (Å²) in [5.41, 5.74) is 2.84. The molecule has 0 saturated carbocycles. The Bertz CT molecular complexity index is 1420. The molecule has 3 saturated heterocycles. The fourth-order valence-corrected chi connectivity index (χ4v) is 8.92. The number of benzene rings is 2. The molecule has 0 bridgehead atoms. The van der Waals surface area contributed by atoms with Crippen LogP contribution in [0.15, 0.2) is 45.3 Å². The summed E-state index contributed by atoms with van der Waals surface area (Å²) in [7, 11) is 1.60. The Kier molecular flexibility index (Phi) is 11.3. The van der Waals surface area contributed by atoms with Gasteiger partial charge in [-0.2, -0.15) is 0 Å². The maximum Gasteiger partial charge on any atom is 0.410 e. The number of hydrogen-bond acceptors (Lipinski definition) is 7. The summed E-state index contributed by atoms with van der Waals surface area (Å²) < 4.78 is 13.0. The number of piperazine rings is 1. The number of carbonyl (C=O) groups is 3. The molecule has 0 spiro atoms. The summed E-state index contributed by atoms with van der Waals surface area (Å²) in [6, 6.07) is 12.1. The van der Waals surface area contributed by atoms with Crippen LogP contribution in [0, 0.1) is 0 Å². The number of piperidine rings is 2. The number of urea groups is 1. The molecule has 6 rings (SSSR count). The molecule has 4 amide bonds. The lowest BCUT2D eigenvalue weighted by Crippen LogP contribution is -2.54. The van der Waals surface area contributed by atoms with Gasteiger partial charge in [-0.3, -0.25) is 9.69 Å². The number of methoxy groups -OCH3 is 1. The van der Waals surface area contributed by atoms with E-state index in [-0.39, 0.29) is 24.4 Å². The number of hydrogen-bond donors (Lipinski definition) is 2. The summed E-state index contributed by atoms with van der Waals surface area (Å²) in [5, 5.41) is 6.47. The first-order valence-corrected chi connectivity index (χ1v) is 18.3. The Labute approximate surface area is 293 Å². The van der Waals surface area contributed by atoms with Crippen LogP contribution < -0.4 is 15.4 Å². The van der Waals surface area contributed by atoms with Gasteiger partial charge in [0.1, 0.15) is 5.75 Å². The van der Waals surface area contributed by atoms with Gasteiger partial charge in [0, 0.05) is 83.1 Å². The number of amides is 4. The largest absolute Gasteiger partial charge is 0.494 e. The molecule has 4 aliphatic rings. The number of halogens is 2. The molecule has 4 heterocycles. The SMILES string of the molecule is COc1c(Br)cc(CC(OC(=O)N2CCC(N3CCc4ccccc4NC3=O)CC2)C(=O)N2CCC(N3CCNCC3)CC2)cc1Br. The minimum atomic E-state index is -0.960. The second-order valence-corrected chi connectivity index (χ2v) is 14.5. The van der Waals surface area contributed by atoms with Crippen molar-refractivity contribution < 1.29 is 23.9 Å². The monoisotopic (exact) mass is 774 g/mol. The van der Waals surface area contributed by atoms with Crippen LogP contribution in [0.1, 0.15) is 36.8 Å². The summed E-state index contributed by atoms with van der Waals surface area (Å²) in [5.74, 6) is 0.504. The van der Waals surface area contributed by atoms with Gasteiger partial charge in [-0.05, 0) is 93.3 Å². The van der Waals surface area contributed by atoms with Gasteiger partial charge < -0.3 is 34.8 Å². The quantitative estimate of drug-likeness (QED) is 0.420. The van der Waals surface area contributed by atoms with Crippen LogP contribution in [0.4, 0.5) is 15.3 Å². The molecule has 1 unspecified atom stereocenters. The van der Waals surface area contributed by atoms with Crippen molar-refractivity contribution in [3.05, 3.63) is 56.5 Å². The average Bonchev–Trinajstić information content (AvgIpc) is 3.26. The average molecular weight is 777 g/mol. The number of para-hydroxylation sites is 1. The number of nitrogens with zero attached hydrogens (tertiary/aromatic N) is 4. The maximum atomic E-state index is 14.0. The van der Waals surface area contributed by atoms with E-state index in [1.807, 2.05) is 46.2 Å². The molecule has 0 aliphatic carbocycles. The number of ether oxygens (including phenoxy) is 2. The van der Waals surface area contributed by atoms with E-state index in [9.17, 15) is 14.4 Å². The molecule has 13 heteroatoms. The van der Waals surface area contributed by atoms with Gasteiger partial charge in [0.15, 0.2) is 6.10 Å². The highest BCUT2D eigenvalue weighted by Gasteiger charge is 2.36. The van der Waals surface area contributed by atoms with Crippen molar-refractivity contribution >= 4 is 55.6 Å². The van der Waals surface area contributed by atoms with Gasteiger partial charge in [-0.15, -0.1) is 0 Å². The fraction of sp³-hybridized carbons (Fsp3) is 0.559. The second-order valence-electron chi connectivity index (χ2n) is 12.8. The van der Waals surface area contributed by atoms with E-state index in [4.69, 9.17) is 9.47 Å². The van der Waals surface area contributed by atoms with Crippen molar-refractivity contribution in [2.45, 2.75) is 56.7 Å². The van der Waals surface area contributed by atoms with Gasteiger partial charge in [0.2, 0.25) is 0 Å². The van der Waals surface area contributed by atoms with Crippen LogP contribution in [-0.4, -0.2) is 122 Å². The van der Waals surface area contributed by atoms with Gasteiger partial charge in [0.25, 0.3) is 5.91 Å². The van der Waals surface area contributed by atoms with Crippen molar-refractivity contribution in [2.75, 3.05) is 71.3 Å². The summed E-state index contributed by atoms with van der Waals surface area (Å²) in [4.78, 5) is 48.7. The maximum absolute atomic E-state index is 14.0. The number of fused-ring (bicyclic) bond motifs is 1. The predicted molar refractivity (Wildman–Crippen MR) is 187 cm³/mol. The van der Waals surface area contributed by atoms with Gasteiger partial charge in [-0.25, -0.2) is 9.59 Å². The van der Waals surface area contributed by atoms with Crippen LogP contribution in [0.5, 0.6) is 5.75 Å². The molecule has 0 aromatic heterocycles. The summed E-state index contributed by atoms with van der Waals surface area (Å²) >= 11 is 7.14. The lowest BCUT2D eigenvalue weighted by molar-refractivity contribution is -0.142. The van der Waals surface area contributed by atoms with Gasteiger partial charge in [0.05, 0.1) is 16.1 Å². The van der Waals surface area contributed by atoms with E-state index < -0.39 is 12.2 Å². The Hall–Kier alpha value is -2.87. The third-order valence-electron chi connectivity index (χ3n) is 9.95. The summed E-state index contributed by atoms with van der Waals surface area (Å²) in [6.45, 7) is 6.90. The molecular weight excluding hydrogens is 732 g/mol. The first-order valence-electron chi connectivity index (χ1n) is 16.7. The minimum absolute atomic E-state index is 0.0248. The van der Waals surface area contributed by atoms with Crippen LogP contribution in [0.3, 0.4) is 0 Å². The second kappa shape index (κ2) is 15.6. The van der Waals surface area contributed by atoms with E-state index >= 15 is 0 Å². The predicted octanol–water partition coefficient (Wildman–Crippen LogP) is 4.72. The molecule has 11 nitrogen and oxygen atoms in total. The van der Waals surface area contributed by atoms with Crippen molar-refractivity contribution in [3.8, 4) is 5.75 Å². The van der Waals surface area contributed by atoms with Crippen molar-refractivity contribution in [3.63, 3.8) is 0 Å². The lowest BCUT2D eigenvalue weighted by Gasteiger charge is -2.41. The Morgan fingerprint density at radius 3 is 2.21 bits per heavy atom. The third-order valence-corrected chi connectivity index (χ3v) is 11.1. The Balaban J connectivity index is 1.09. The zero-order chi connectivity index (χ0) is 32.9. The number of nitrogens with one attached hydrogen (secondary N) is 2. The molecule has 4 aliphatic heterocycles. The smallest absolute Gasteiger partial charge is 0.410 e. The van der Waals surface area contributed by atoms with Crippen molar-refractivity contribution in [2.24, 2.45) is 0 Å². The van der Waals surface area contributed by atoms with Crippen LogP contribution in [-0.2, 0) is 22.4 Å². The van der Waals surface area contributed by atoms with E-state index in [1.165, 1.54) is 0 Å². The van der Waals surface area contributed by atoms with E-state index in [1.54, 1.807) is 12.0 Å². The Morgan fingerprint density at radius 2 is 1.53 bits per heavy atom. The number of anilines is 1. The normalized spacial score (nSPS) is 20.7. The van der Waals surface area contributed by atoms with Gasteiger partial charge in [-0.1, -0.05) is 18.2 Å². The zero-order valence-electron chi connectivity index (χ0n) is 26.9. The first kappa shape index (κ1) is 34.0. The first-order chi connectivity index (χ1) is 22.8. The van der Waals surface area contributed by atoms with Gasteiger partial charge >= 0.3 is 12.1 Å². The van der Waals surface area contributed by atoms with Crippen LogP contribution in [0.25, 0.3) is 0 Å². The lowest BCUT2D eigenvalue weighted by atomic mass is 10.0. The van der Waals surface area contributed by atoms with E-state index in [0.29, 0.717) is 57.4 Å². The topological polar surface area (TPSA) is 107 Å². The molecular formula is C34H44Br2N6O5. The molecule has 2 aromatic carbocycles. The standard InChI is InChI=1S/C34H44Br2N6O5/c1-46-31-27(35)20-23(21-28(31)36)22-30(32(43)40-13-7-25(8-14-40)39-18-11-37-12-19-39)47-34(45)41-15-9-26(10-16-41)42-17-6-24-4-2-3-5-29(24)38-33(42)44/h2-5,20-21,25-26,30,37H,6-19,22H2,1H3,(H,38,44). The molecule has 3 fully saturated rings. The molecule has 2 aromatic rings. The van der Waals surface area contributed by atoms with Crippen molar-refractivity contribution in [1.82, 2.24) is 24.9 Å². The third kappa shape index (κ3) is 8.06. The molecule has 47 heavy (non-hydrogen) atoms. The Morgan fingerprint density at radius 1 is 0.894 bits per heavy atom. The zero-order valence-corrected chi connectivity index (χ0v) is 30.1. The van der Waals surface area contributed by atoms with E-state index in [2.05, 4.69) is 47.4 Å². The highest BCUT2D eigenvalue weighted by Crippen LogP contribution is 2.35. The number of likely N-dealkylation sites (tertiary alicyclic amines) is 2. The van der Waals surface area contributed by atoms with Crippen LogP contribution >= 0.6 is 31.9 Å². The van der Waals surface area contributed by atoms with Crippen LogP contribution in [0.2, 0.25) is 0 Å². The number of rotatable bonds is 7. The van der Waals surface area contributed by atoms with E-state index in [0.717, 1.165) is 71.2 Å². The highest BCUT2D eigenvalue weighted by atomic mass is 79.9. The molecule has 1 atom stereocenters. The molecule has 254 valence electrons.